The molecule has 0 spiro atoms. The van der Waals surface area contributed by atoms with Gasteiger partial charge in [0.05, 0.1) is 27.9 Å². The van der Waals surface area contributed by atoms with Crippen LogP contribution in [0.3, 0.4) is 0 Å². The molecule has 5 nitrogen and oxygen atoms in total. The minimum Gasteiger partial charge on any atom is -0.513 e. The number of nitrogens with zero attached hydrogens (tertiary/aromatic N) is 4. The van der Waals surface area contributed by atoms with Crippen LogP contribution in [0.1, 0.15) is 72.2 Å². The van der Waals surface area contributed by atoms with Crippen LogP contribution in [0.15, 0.2) is 103 Å². The molecule has 0 amide bonds. The van der Waals surface area contributed by atoms with Crippen molar-refractivity contribution in [2.24, 2.45) is 0 Å². The summed E-state index contributed by atoms with van der Waals surface area (Å²) in [6.07, 6.45) is 3.67. The molecule has 5 heteroatoms. The van der Waals surface area contributed by atoms with Crippen molar-refractivity contribution in [1.29, 1.82) is 0 Å². The van der Waals surface area contributed by atoms with Crippen LogP contribution in [0, 0.1) is 6.33 Å². The molecule has 0 fully saturated rings. The number of phenols is 1. The van der Waals surface area contributed by atoms with Gasteiger partial charge in [-0.1, -0.05) is 114 Å². The van der Waals surface area contributed by atoms with E-state index in [1.54, 1.807) is 6.07 Å². The van der Waals surface area contributed by atoms with E-state index >= 15 is 0 Å². The van der Waals surface area contributed by atoms with E-state index in [1.165, 1.54) is 16.3 Å². The van der Waals surface area contributed by atoms with Crippen molar-refractivity contribution >= 4 is 33.0 Å². The van der Waals surface area contributed by atoms with E-state index in [4.69, 9.17) is 4.98 Å². The summed E-state index contributed by atoms with van der Waals surface area (Å²) in [6.45, 7) is 17.8. The highest BCUT2D eigenvalue weighted by Crippen LogP contribution is 2.40. The third-order valence-electron chi connectivity index (χ3n) is 9.28. The van der Waals surface area contributed by atoms with Crippen molar-refractivity contribution in [3.63, 3.8) is 0 Å². The third-order valence-corrected chi connectivity index (χ3v) is 9.28. The molecule has 1 N–H and O–H groups in total. The maximum atomic E-state index is 11.1. The van der Waals surface area contributed by atoms with Gasteiger partial charge in [0.25, 0.3) is 0 Å². The van der Waals surface area contributed by atoms with E-state index in [-0.39, 0.29) is 16.6 Å². The predicted octanol–water partition coefficient (Wildman–Crippen LogP) is 9.29. The minimum atomic E-state index is -0.603. The molecule has 0 aliphatic heterocycles. The second-order valence-corrected chi connectivity index (χ2v) is 15.0. The molecule has 46 heavy (non-hydrogen) atoms. The van der Waals surface area contributed by atoms with Crippen LogP contribution in [0.25, 0.3) is 44.3 Å². The highest BCUT2D eigenvalue weighted by atomic mass is 16.3. The largest absolute Gasteiger partial charge is 0.513 e. The molecule has 0 radical (unpaired) electrons. The van der Waals surface area contributed by atoms with Gasteiger partial charge >= 0.3 is 0 Å². The molecule has 0 aliphatic rings. The summed E-state index contributed by atoms with van der Waals surface area (Å²) >= 11 is 0. The molecule has 0 saturated heterocycles. The Morgan fingerprint density at radius 1 is 0.696 bits per heavy atom. The van der Waals surface area contributed by atoms with Gasteiger partial charge in [0.1, 0.15) is 16.9 Å². The molecule has 3 aromatic heterocycles. The second kappa shape index (κ2) is 10.3. The van der Waals surface area contributed by atoms with Gasteiger partial charge in [0.15, 0.2) is 0 Å². The Bertz CT molecular complexity index is 2260. The second-order valence-electron chi connectivity index (χ2n) is 15.0. The van der Waals surface area contributed by atoms with E-state index in [9.17, 15) is 5.11 Å². The van der Waals surface area contributed by atoms with Crippen LogP contribution in [0.4, 0.5) is 0 Å². The van der Waals surface area contributed by atoms with Crippen LogP contribution < -0.4 is 4.57 Å². The Labute approximate surface area is 271 Å². The lowest BCUT2D eigenvalue weighted by Crippen LogP contribution is -2.53. The molecule has 232 valence electrons. The molecule has 0 unspecified atom stereocenters. The molecular formula is C41H42N4O. The fourth-order valence-corrected chi connectivity index (χ4v) is 6.64. The molecule has 0 saturated carbocycles. The number of fused-ring (bicyclic) bond motifs is 4. The fraction of sp³-hybridized carbons (Fsp3) is 0.268. The van der Waals surface area contributed by atoms with E-state index < -0.39 is 5.54 Å². The highest BCUT2D eigenvalue weighted by molar-refractivity contribution is 6.10. The Balaban J connectivity index is 1.53. The lowest BCUT2D eigenvalue weighted by molar-refractivity contribution is -0.728. The van der Waals surface area contributed by atoms with E-state index in [0.29, 0.717) is 5.69 Å². The lowest BCUT2D eigenvalue weighted by atomic mass is 9.83. The number of aromatic nitrogens is 4. The lowest BCUT2D eigenvalue weighted by Gasteiger charge is -2.28. The summed E-state index contributed by atoms with van der Waals surface area (Å²) in [5.74, 6) is 0.219. The van der Waals surface area contributed by atoms with Crippen molar-refractivity contribution in [3.05, 3.63) is 126 Å². The van der Waals surface area contributed by atoms with Gasteiger partial charge in [0, 0.05) is 16.5 Å². The van der Waals surface area contributed by atoms with Crippen LogP contribution in [0.2, 0.25) is 0 Å². The molecule has 0 bridgehead atoms. The average molecular weight is 607 g/mol. The molecule has 0 atom stereocenters. The molecular weight excluding hydrogens is 564 g/mol. The van der Waals surface area contributed by atoms with Crippen LogP contribution in [-0.4, -0.2) is 19.2 Å². The summed E-state index contributed by atoms with van der Waals surface area (Å²) < 4.78 is 6.47. The average Bonchev–Trinajstić information content (AvgIpc) is 3.57. The van der Waals surface area contributed by atoms with Gasteiger partial charge in [-0.2, -0.15) is 0 Å². The van der Waals surface area contributed by atoms with E-state index in [2.05, 4.69) is 156 Å². The zero-order chi connectivity index (χ0) is 32.6. The number of para-hydroxylation sites is 4. The predicted molar refractivity (Wildman–Crippen MR) is 188 cm³/mol. The molecule has 7 aromatic rings. The Morgan fingerprint density at radius 2 is 1.35 bits per heavy atom. The number of imidazole rings is 1. The van der Waals surface area contributed by atoms with Crippen LogP contribution in [-0.2, 0) is 16.4 Å². The van der Waals surface area contributed by atoms with Crippen LogP contribution >= 0.6 is 0 Å². The van der Waals surface area contributed by atoms with Gasteiger partial charge < -0.3 is 14.2 Å². The molecule has 4 aromatic carbocycles. The van der Waals surface area contributed by atoms with Crippen molar-refractivity contribution in [2.75, 3.05) is 0 Å². The maximum absolute atomic E-state index is 11.1. The molecule has 0 aliphatic carbocycles. The van der Waals surface area contributed by atoms with Gasteiger partial charge in [-0.05, 0) is 66.1 Å². The Morgan fingerprint density at radius 3 is 2.04 bits per heavy atom. The topological polar surface area (TPSA) is 46.9 Å². The van der Waals surface area contributed by atoms with Crippen molar-refractivity contribution in [1.82, 2.24) is 14.1 Å². The number of rotatable bonds is 4. The van der Waals surface area contributed by atoms with Gasteiger partial charge in [-0.15, -0.1) is 0 Å². The SMILES string of the molecule is CC(C)(C)c1ccc(O)c(-n2[c-][n+](C(C)(C)c3cc(C(C)(C)C)c4c5ccccc5n(-c5ccccc5)c4n3)c3ccccc32)c1. The number of aromatic hydroxyl groups is 1. The smallest absolute Gasteiger partial charge is 0.245 e. The highest BCUT2D eigenvalue weighted by Gasteiger charge is 2.34. The maximum Gasteiger partial charge on any atom is 0.245 e. The number of phenolic OH excluding ortho intramolecular Hbond substituents is 1. The zero-order valence-corrected chi connectivity index (χ0v) is 28.1. The number of benzene rings is 4. The first-order valence-corrected chi connectivity index (χ1v) is 16.1. The summed E-state index contributed by atoms with van der Waals surface area (Å²) in [4.78, 5) is 5.53. The normalized spacial score (nSPS) is 12.9. The first-order valence-electron chi connectivity index (χ1n) is 16.1. The van der Waals surface area contributed by atoms with Crippen molar-refractivity contribution in [2.45, 2.75) is 71.8 Å². The Hall–Kier alpha value is -4.90. The summed E-state index contributed by atoms with van der Waals surface area (Å²) in [6, 6.07) is 35.6. The quantitative estimate of drug-likeness (QED) is 0.160. The number of hydrogen-bond donors (Lipinski definition) is 1. The Kier molecular flexibility index (Phi) is 6.68. The molecule has 3 heterocycles. The first-order chi connectivity index (χ1) is 21.8. The van der Waals surface area contributed by atoms with Crippen molar-refractivity contribution < 1.29 is 9.67 Å². The summed E-state index contributed by atoms with van der Waals surface area (Å²) in [5, 5.41) is 13.5. The standard InChI is InChI=1S/C41H42N4O/c1-39(2,3)27-22-23-35(46)34(24-27)43-26-44(33-21-15-14-20-32(33)43)41(7,8)36-25-30(40(4,5)6)37-29-18-12-13-19-31(29)45(38(37)42-36)28-16-10-9-11-17-28/h9-25,46H,1-8H3. The number of hydrogen-bond acceptors (Lipinski definition) is 2. The minimum absolute atomic E-state index is 0.0689. The van der Waals surface area contributed by atoms with Gasteiger partial charge in [0.2, 0.25) is 6.33 Å². The number of pyridine rings is 1. The zero-order valence-electron chi connectivity index (χ0n) is 28.1. The third kappa shape index (κ3) is 4.68. The summed E-state index contributed by atoms with van der Waals surface area (Å²) in [5.41, 5.74) is 8.39. The summed E-state index contributed by atoms with van der Waals surface area (Å²) in [7, 11) is 0. The molecule has 7 rings (SSSR count). The van der Waals surface area contributed by atoms with E-state index in [1.807, 2.05) is 16.7 Å². The van der Waals surface area contributed by atoms with Crippen molar-refractivity contribution in [3.8, 4) is 17.1 Å². The van der Waals surface area contributed by atoms with Crippen LogP contribution in [0.5, 0.6) is 5.75 Å². The fourth-order valence-electron chi connectivity index (χ4n) is 6.64. The van der Waals surface area contributed by atoms with Gasteiger partial charge in [-0.3, -0.25) is 4.57 Å². The van der Waals surface area contributed by atoms with Gasteiger partial charge in [-0.25, -0.2) is 4.98 Å². The van der Waals surface area contributed by atoms with E-state index in [0.717, 1.165) is 39.1 Å². The first kappa shape index (κ1) is 29.8. The monoisotopic (exact) mass is 606 g/mol.